The zero-order valence-corrected chi connectivity index (χ0v) is 17.4. The fourth-order valence-corrected chi connectivity index (χ4v) is 3.77. The highest BCUT2D eigenvalue weighted by Crippen LogP contribution is 2.17. The van der Waals surface area contributed by atoms with Gasteiger partial charge < -0.3 is 10.6 Å². The second-order valence-electron chi connectivity index (χ2n) is 6.70. The number of carbonyl (C=O) groups excluding carboxylic acids is 2. The molecule has 3 N–H and O–H groups in total. The van der Waals surface area contributed by atoms with Gasteiger partial charge in [0.15, 0.2) is 0 Å². The number of benzene rings is 3. The molecular weight excluding hydrogens is 421 g/mol. The van der Waals surface area contributed by atoms with E-state index in [0.717, 1.165) is 17.7 Å². The molecule has 0 aliphatic carbocycles. The fraction of sp³-hybridized carbons (Fsp3) is 0.0909. The lowest BCUT2D eigenvalue weighted by Gasteiger charge is -2.10. The molecule has 0 radical (unpaired) electrons. The maximum Gasteiger partial charge on any atom is 0.261 e. The summed E-state index contributed by atoms with van der Waals surface area (Å²) in [5, 5.41) is 5.41. The number of halogens is 1. The lowest BCUT2D eigenvalue weighted by molar-refractivity contribution is -0.114. The van der Waals surface area contributed by atoms with E-state index in [2.05, 4.69) is 15.4 Å². The van der Waals surface area contributed by atoms with Crippen molar-refractivity contribution in [3.63, 3.8) is 0 Å². The van der Waals surface area contributed by atoms with Crippen LogP contribution < -0.4 is 15.4 Å². The summed E-state index contributed by atoms with van der Waals surface area (Å²) in [7, 11) is -3.87. The Bertz CT molecular complexity index is 1180. The standard InChI is InChI=1S/C22H20FN3O4S/c1-15(27)25-19-8-2-16(3-9-19)14-24-22(28)17-4-12-21(13-5-17)31(29,30)26-20-10-6-18(23)7-11-20/h2-13,26H,14H2,1H3,(H,24,28)(H,25,27). The highest BCUT2D eigenvalue weighted by atomic mass is 32.2. The number of hydrogen-bond donors (Lipinski definition) is 3. The van der Waals surface area contributed by atoms with Crippen molar-refractivity contribution in [2.75, 3.05) is 10.0 Å². The fourth-order valence-electron chi connectivity index (χ4n) is 2.71. The largest absolute Gasteiger partial charge is 0.348 e. The molecule has 0 bridgehead atoms. The normalized spacial score (nSPS) is 10.9. The van der Waals surface area contributed by atoms with Gasteiger partial charge in [0, 0.05) is 30.4 Å². The van der Waals surface area contributed by atoms with Gasteiger partial charge in [0.2, 0.25) is 5.91 Å². The van der Waals surface area contributed by atoms with Crippen LogP contribution in [0.5, 0.6) is 0 Å². The summed E-state index contributed by atoms with van der Waals surface area (Å²) in [6, 6.07) is 17.4. The first kappa shape index (κ1) is 22.0. The van der Waals surface area contributed by atoms with Crippen molar-refractivity contribution in [2.45, 2.75) is 18.4 Å². The molecule has 0 unspecified atom stereocenters. The zero-order valence-electron chi connectivity index (χ0n) is 16.6. The Hall–Kier alpha value is -3.72. The maximum absolute atomic E-state index is 13.0. The average molecular weight is 441 g/mol. The van der Waals surface area contributed by atoms with Crippen molar-refractivity contribution in [3.8, 4) is 0 Å². The minimum atomic E-state index is -3.87. The molecule has 31 heavy (non-hydrogen) atoms. The first-order chi connectivity index (χ1) is 14.7. The van der Waals surface area contributed by atoms with Crippen LogP contribution >= 0.6 is 0 Å². The summed E-state index contributed by atoms with van der Waals surface area (Å²) < 4.78 is 40.2. The minimum Gasteiger partial charge on any atom is -0.348 e. The van der Waals surface area contributed by atoms with Gasteiger partial charge in [0.1, 0.15) is 5.82 Å². The maximum atomic E-state index is 13.0. The molecule has 9 heteroatoms. The Morgan fingerprint density at radius 1 is 0.839 bits per heavy atom. The summed E-state index contributed by atoms with van der Waals surface area (Å²) in [5.41, 5.74) is 2.03. The third-order valence-electron chi connectivity index (χ3n) is 4.25. The first-order valence-corrected chi connectivity index (χ1v) is 10.7. The molecule has 3 aromatic carbocycles. The van der Waals surface area contributed by atoms with Gasteiger partial charge in [-0.2, -0.15) is 0 Å². The minimum absolute atomic E-state index is 0.0260. The van der Waals surface area contributed by atoms with Crippen LogP contribution in [0, 0.1) is 5.82 Å². The number of anilines is 2. The summed E-state index contributed by atoms with van der Waals surface area (Å²) >= 11 is 0. The van der Waals surface area contributed by atoms with E-state index in [1.165, 1.54) is 43.3 Å². The van der Waals surface area contributed by atoms with E-state index < -0.39 is 15.8 Å². The van der Waals surface area contributed by atoms with Gasteiger partial charge in [-0.15, -0.1) is 0 Å². The quantitative estimate of drug-likeness (QED) is 0.522. The number of carbonyl (C=O) groups is 2. The Morgan fingerprint density at radius 2 is 1.42 bits per heavy atom. The van der Waals surface area contributed by atoms with Gasteiger partial charge in [0.25, 0.3) is 15.9 Å². The molecule has 0 spiro atoms. The molecule has 0 heterocycles. The Morgan fingerprint density at radius 3 is 2.00 bits per heavy atom. The summed E-state index contributed by atoms with van der Waals surface area (Å²) in [4.78, 5) is 23.4. The highest BCUT2D eigenvalue weighted by molar-refractivity contribution is 7.92. The molecule has 3 aromatic rings. The number of rotatable bonds is 7. The molecule has 0 fully saturated rings. The third-order valence-corrected chi connectivity index (χ3v) is 5.65. The van der Waals surface area contributed by atoms with Crippen LogP contribution in [-0.2, 0) is 21.4 Å². The van der Waals surface area contributed by atoms with E-state index in [-0.39, 0.29) is 28.9 Å². The lowest BCUT2D eigenvalue weighted by atomic mass is 10.2. The smallest absolute Gasteiger partial charge is 0.261 e. The molecule has 7 nitrogen and oxygen atoms in total. The summed E-state index contributed by atoms with van der Waals surface area (Å²) in [6.45, 7) is 1.69. The van der Waals surface area contributed by atoms with E-state index in [0.29, 0.717) is 11.3 Å². The molecule has 3 rings (SSSR count). The van der Waals surface area contributed by atoms with E-state index in [9.17, 15) is 22.4 Å². The second-order valence-corrected chi connectivity index (χ2v) is 8.38. The molecular formula is C22H20FN3O4S. The van der Waals surface area contributed by atoms with Crippen LogP contribution in [0.4, 0.5) is 15.8 Å². The topological polar surface area (TPSA) is 104 Å². The van der Waals surface area contributed by atoms with Crippen molar-refractivity contribution >= 4 is 33.2 Å². The Labute approximate surface area is 179 Å². The number of amides is 2. The number of sulfonamides is 1. The van der Waals surface area contributed by atoms with Crippen molar-refractivity contribution in [1.82, 2.24) is 5.32 Å². The number of hydrogen-bond acceptors (Lipinski definition) is 4. The van der Waals surface area contributed by atoms with E-state index in [4.69, 9.17) is 0 Å². The van der Waals surface area contributed by atoms with Crippen molar-refractivity contribution < 1.29 is 22.4 Å². The Balaban J connectivity index is 1.60. The third kappa shape index (κ3) is 6.13. The molecule has 0 atom stereocenters. The second kappa shape index (κ2) is 9.40. The molecule has 0 aliphatic heterocycles. The van der Waals surface area contributed by atoms with Gasteiger partial charge >= 0.3 is 0 Å². The zero-order chi connectivity index (χ0) is 22.4. The van der Waals surface area contributed by atoms with Gasteiger partial charge in [-0.3, -0.25) is 14.3 Å². The molecule has 0 aromatic heterocycles. The van der Waals surface area contributed by atoms with Gasteiger partial charge in [-0.25, -0.2) is 12.8 Å². The van der Waals surface area contributed by atoms with Crippen molar-refractivity contribution in [3.05, 3.63) is 89.7 Å². The Kier molecular flexibility index (Phi) is 6.66. The van der Waals surface area contributed by atoms with Crippen LogP contribution in [0.3, 0.4) is 0 Å². The van der Waals surface area contributed by atoms with Gasteiger partial charge in [-0.05, 0) is 66.2 Å². The van der Waals surface area contributed by atoms with Crippen LogP contribution in [0.15, 0.2) is 77.7 Å². The monoisotopic (exact) mass is 441 g/mol. The first-order valence-electron chi connectivity index (χ1n) is 9.26. The molecule has 0 saturated carbocycles. The van der Waals surface area contributed by atoms with E-state index in [1.807, 2.05) is 0 Å². The van der Waals surface area contributed by atoms with Crippen LogP contribution in [0.25, 0.3) is 0 Å². The van der Waals surface area contributed by atoms with E-state index in [1.54, 1.807) is 24.3 Å². The predicted octanol–water partition coefficient (Wildman–Crippen LogP) is 3.51. The SMILES string of the molecule is CC(=O)Nc1ccc(CNC(=O)c2ccc(S(=O)(=O)Nc3ccc(F)cc3)cc2)cc1. The molecule has 160 valence electrons. The summed E-state index contributed by atoms with van der Waals surface area (Å²) in [5.74, 6) is -0.997. The predicted molar refractivity (Wildman–Crippen MR) is 116 cm³/mol. The van der Waals surface area contributed by atoms with E-state index >= 15 is 0 Å². The average Bonchev–Trinajstić information content (AvgIpc) is 2.74. The lowest BCUT2D eigenvalue weighted by Crippen LogP contribution is -2.23. The van der Waals surface area contributed by atoms with Crippen LogP contribution in [-0.4, -0.2) is 20.2 Å². The van der Waals surface area contributed by atoms with Gasteiger partial charge in [-0.1, -0.05) is 12.1 Å². The molecule has 0 saturated heterocycles. The highest BCUT2D eigenvalue weighted by Gasteiger charge is 2.15. The number of nitrogens with one attached hydrogen (secondary N) is 3. The van der Waals surface area contributed by atoms with Crippen molar-refractivity contribution in [2.24, 2.45) is 0 Å². The summed E-state index contributed by atoms with van der Waals surface area (Å²) in [6.07, 6.45) is 0. The van der Waals surface area contributed by atoms with Gasteiger partial charge in [0.05, 0.1) is 4.90 Å². The van der Waals surface area contributed by atoms with Crippen LogP contribution in [0.1, 0.15) is 22.8 Å². The molecule has 2 amide bonds. The molecule has 0 aliphatic rings. The van der Waals surface area contributed by atoms with Crippen molar-refractivity contribution in [1.29, 1.82) is 0 Å². The van der Waals surface area contributed by atoms with Crippen LogP contribution in [0.2, 0.25) is 0 Å².